The van der Waals surface area contributed by atoms with Gasteiger partial charge in [0.15, 0.2) is 5.82 Å². The van der Waals surface area contributed by atoms with E-state index in [-0.39, 0.29) is 17.5 Å². The van der Waals surface area contributed by atoms with Crippen molar-refractivity contribution >= 4 is 23.1 Å². The molecule has 28 heavy (non-hydrogen) atoms. The fourth-order valence-electron chi connectivity index (χ4n) is 3.07. The Kier molecular flexibility index (Phi) is 4.96. The molecule has 0 spiro atoms. The lowest BCUT2D eigenvalue weighted by Crippen LogP contribution is -2.46. The molecule has 0 radical (unpaired) electrons. The number of nitrogens with zero attached hydrogens (tertiary/aromatic N) is 5. The minimum atomic E-state index is -0.734. The number of benzene rings is 2. The average Bonchev–Trinajstić information content (AvgIpc) is 2.72. The Labute approximate surface area is 159 Å². The molecule has 0 atom stereocenters. The van der Waals surface area contributed by atoms with Gasteiger partial charge in [0.25, 0.3) is 0 Å². The topological polar surface area (TPSA) is 57.2 Å². The third kappa shape index (κ3) is 3.83. The van der Waals surface area contributed by atoms with E-state index < -0.39 is 11.6 Å². The summed E-state index contributed by atoms with van der Waals surface area (Å²) in [5, 5.41) is 10.2. The molecule has 2 heterocycles. The molecule has 6 nitrogen and oxygen atoms in total. The van der Waals surface area contributed by atoms with Crippen molar-refractivity contribution < 1.29 is 13.2 Å². The molecule has 1 aliphatic rings. The summed E-state index contributed by atoms with van der Waals surface area (Å²) in [4.78, 5) is 8.49. The van der Waals surface area contributed by atoms with Crippen molar-refractivity contribution in [2.45, 2.75) is 0 Å². The van der Waals surface area contributed by atoms with Gasteiger partial charge in [-0.25, -0.2) is 13.2 Å². The summed E-state index contributed by atoms with van der Waals surface area (Å²) < 4.78 is 40.7. The van der Waals surface area contributed by atoms with Gasteiger partial charge in [0.05, 0.1) is 6.20 Å². The highest BCUT2D eigenvalue weighted by molar-refractivity contribution is 5.56. The lowest BCUT2D eigenvalue weighted by atomic mass is 10.2. The van der Waals surface area contributed by atoms with Crippen LogP contribution in [0.25, 0.3) is 0 Å². The average molecular weight is 386 g/mol. The number of rotatable bonds is 4. The quantitative estimate of drug-likeness (QED) is 0.742. The first kappa shape index (κ1) is 18.0. The first-order chi connectivity index (χ1) is 13.6. The molecule has 0 aliphatic carbocycles. The van der Waals surface area contributed by atoms with Crippen molar-refractivity contribution in [1.29, 1.82) is 0 Å². The number of aromatic nitrogens is 3. The Morgan fingerprint density at radius 2 is 1.46 bits per heavy atom. The number of para-hydroxylation sites is 1. The Balaban J connectivity index is 1.44. The Hall–Kier alpha value is -3.36. The van der Waals surface area contributed by atoms with Gasteiger partial charge in [0.1, 0.15) is 23.1 Å². The van der Waals surface area contributed by atoms with Crippen LogP contribution in [0.5, 0.6) is 0 Å². The lowest BCUT2D eigenvalue weighted by Gasteiger charge is -2.36. The van der Waals surface area contributed by atoms with Crippen molar-refractivity contribution in [2.24, 2.45) is 0 Å². The first-order valence-electron chi connectivity index (χ1n) is 8.76. The number of hydrogen-bond acceptors (Lipinski definition) is 6. The van der Waals surface area contributed by atoms with Crippen LogP contribution in [-0.4, -0.2) is 41.4 Å². The Morgan fingerprint density at radius 3 is 2.14 bits per heavy atom. The molecule has 0 bridgehead atoms. The normalized spacial score (nSPS) is 14.2. The van der Waals surface area contributed by atoms with E-state index in [4.69, 9.17) is 0 Å². The zero-order chi connectivity index (χ0) is 19.5. The second kappa shape index (κ2) is 7.71. The minimum absolute atomic E-state index is 0.0162. The van der Waals surface area contributed by atoms with Gasteiger partial charge in [-0.2, -0.15) is 10.1 Å². The third-order valence-electron chi connectivity index (χ3n) is 4.54. The molecule has 0 amide bonds. The van der Waals surface area contributed by atoms with Crippen molar-refractivity contribution in [1.82, 2.24) is 15.2 Å². The van der Waals surface area contributed by atoms with Crippen LogP contribution < -0.4 is 15.1 Å². The fraction of sp³-hybridized carbons (Fsp3) is 0.211. The molecule has 2 aromatic carbocycles. The highest BCUT2D eigenvalue weighted by Gasteiger charge is 2.20. The summed E-state index contributed by atoms with van der Waals surface area (Å²) in [5.41, 5.74) is 0.641. The Bertz CT molecular complexity index is 938. The zero-order valence-corrected chi connectivity index (χ0v) is 14.8. The smallest absolute Gasteiger partial charge is 0.249 e. The second-order valence-electron chi connectivity index (χ2n) is 6.31. The molecule has 1 fully saturated rings. The predicted molar refractivity (Wildman–Crippen MR) is 100 cm³/mol. The van der Waals surface area contributed by atoms with E-state index in [1.165, 1.54) is 24.4 Å². The van der Waals surface area contributed by atoms with Gasteiger partial charge in [-0.15, -0.1) is 5.10 Å². The highest BCUT2D eigenvalue weighted by Crippen LogP contribution is 2.23. The molecule has 0 saturated carbocycles. The van der Waals surface area contributed by atoms with Gasteiger partial charge in [0.2, 0.25) is 5.95 Å². The van der Waals surface area contributed by atoms with Crippen molar-refractivity contribution in [3.05, 3.63) is 66.1 Å². The largest absolute Gasteiger partial charge is 0.368 e. The highest BCUT2D eigenvalue weighted by atomic mass is 19.1. The van der Waals surface area contributed by atoms with Crippen LogP contribution in [0.15, 0.2) is 48.7 Å². The fourth-order valence-corrected chi connectivity index (χ4v) is 3.07. The van der Waals surface area contributed by atoms with E-state index in [9.17, 15) is 13.2 Å². The van der Waals surface area contributed by atoms with E-state index in [0.717, 1.165) is 30.9 Å². The van der Waals surface area contributed by atoms with Crippen molar-refractivity contribution in [3.8, 4) is 0 Å². The first-order valence-corrected chi connectivity index (χ1v) is 8.76. The maximum atomic E-state index is 13.8. The standard InChI is InChI=1S/C19H17F3N6/c20-13-4-6-14(7-5-13)27-8-10-28(11-9-27)17-12-23-26-19(24-17)25-18-15(21)2-1-3-16(18)22/h1-7,12H,8-11H2,(H,24,25,26). The number of hydrogen-bond donors (Lipinski definition) is 1. The molecule has 0 unspecified atom stereocenters. The summed E-state index contributed by atoms with van der Waals surface area (Å²) in [6.07, 6.45) is 1.51. The van der Waals surface area contributed by atoms with Crippen LogP contribution in [0.4, 0.5) is 36.3 Å². The monoisotopic (exact) mass is 386 g/mol. The molecule has 1 aromatic heterocycles. The van der Waals surface area contributed by atoms with Gasteiger partial charge in [-0.3, -0.25) is 0 Å². The Morgan fingerprint density at radius 1 is 0.821 bits per heavy atom. The van der Waals surface area contributed by atoms with E-state index in [1.807, 2.05) is 4.90 Å². The summed E-state index contributed by atoms with van der Waals surface area (Å²) in [7, 11) is 0. The van der Waals surface area contributed by atoms with E-state index in [2.05, 4.69) is 25.4 Å². The molecule has 4 rings (SSSR count). The second-order valence-corrected chi connectivity index (χ2v) is 6.31. The summed E-state index contributed by atoms with van der Waals surface area (Å²) >= 11 is 0. The lowest BCUT2D eigenvalue weighted by molar-refractivity contribution is 0.590. The molecular weight excluding hydrogens is 369 g/mol. The SMILES string of the molecule is Fc1ccc(N2CCN(c3cnnc(Nc4c(F)cccc4F)n3)CC2)cc1. The van der Waals surface area contributed by atoms with Crippen LogP contribution in [0.1, 0.15) is 0 Å². The third-order valence-corrected chi connectivity index (χ3v) is 4.54. The van der Waals surface area contributed by atoms with E-state index >= 15 is 0 Å². The van der Waals surface area contributed by atoms with Crippen molar-refractivity contribution in [2.75, 3.05) is 41.3 Å². The van der Waals surface area contributed by atoms with Crippen LogP contribution in [0.2, 0.25) is 0 Å². The molecule has 1 saturated heterocycles. The van der Waals surface area contributed by atoms with E-state index in [0.29, 0.717) is 18.9 Å². The number of anilines is 4. The van der Waals surface area contributed by atoms with Crippen molar-refractivity contribution in [3.63, 3.8) is 0 Å². The van der Waals surface area contributed by atoms with Gasteiger partial charge in [0, 0.05) is 31.9 Å². The van der Waals surface area contributed by atoms with Crippen LogP contribution in [0, 0.1) is 17.5 Å². The molecule has 144 valence electrons. The van der Waals surface area contributed by atoms with Gasteiger partial charge in [-0.05, 0) is 36.4 Å². The number of nitrogens with one attached hydrogen (secondary N) is 1. The predicted octanol–water partition coefficient (Wildman–Crippen LogP) is 3.36. The summed E-state index contributed by atoms with van der Waals surface area (Å²) in [6.45, 7) is 2.79. The summed E-state index contributed by atoms with van der Waals surface area (Å²) in [6, 6.07) is 9.97. The molecule has 3 aromatic rings. The van der Waals surface area contributed by atoms with Gasteiger partial charge < -0.3 is 15.1 Å². The zero-order valence-electron chi connectivity index (χ0n) is 14.8. The number of piperazine rings is 1. The van der Waals surface area contributed by atoms with Gasteiger partial charge >= 0.3 is 0 Å². The molecular formula is C19H17F3N6. The van der Waals surface area contributed by atoms with Crippen LogP contribution in [0.3, 0.4) is 0 Å². The maximum absolute atomic E-state index is 13.8. The van der Waals surface area contributed by atoms with E-state index in [1.54, 1.807) is 12.1 Å². The van der Waals surface area contributed by atoms with Gasteiger partial charge in [-0.1, -0.05) is 6.07 Å². The maximum Gasteiger partial charge on any atom is 0.249 e. The van der Waals surface area contributed by atoms with Crippen LogP contribution >= 0.6 is 0 Å². The summed E-state index contributed by atoms with van der Waals surface area (Å²) in [5.74, 6) is -1.15. The molecule has 1 N–H and O–H groups in total. The minimum Gasteiger partial charge on any atom is -0.368 e. The van der Waals surface area contributed by atoms with Crippen LogP contribution in [-0.2, 0) is 0 Å². The molecule has 9 heteroatoms. The number of halogens is 3. The molecule has 1 aliphatic heterocycles.